The monoisotopic (exact) mass is 358 g/mol. The van der Waals surface area contributed by atoms with E-state index in [4.69, 9.17) is 9.47 Å². The first-order valence-electron chi connectivity index (χ1n) is 9.02. The van der Waals surface area contributed by atoms with Crippen LogP contribution in [0.15, 0.2) is 29.1 Å². The molecular weight excluding hydrogens is 332 g/mol. The van der Waals surface area contributed by atoms with Gasteiger partial charge in [-0.25, -0.2) is 9.97 Å². The van der Waals surface area contributed by atoms with E-state index in [-0.39, 0.29) is 5.56 Å². The summed E-state index contributed by atoms with van der Waals surface area (Å²) in [5, 5.41) is 3.35. The van der Waals surface area contributed by atoms with Crippen molar-refractivity contribution in [3.8, 4) is 0 Å². The highest BCUT2D eigenvalue weighted by Crippen LogP contribution is 2.25. The summed E-state index contributed by atoms with van der Waals surface area (Å²) in [6, 6.07) is 7.33. The zero-order chi connectivity index (χ0) is 18.4. The van der Waals surface area contributed by atoms with E-state index < -0.39 is 0 Å². The number of hydrogen-bond acceptors (Lipinski definition) is 6. The Balaban J connectivity index is 1.62. The molecule has 0 aromatic carbocycles. The molecule has 0 radical (unpaired) electrons. The largest absolute Gasteiger partial charge is 0.381 e. The van der Waals surface area contributed by atoms with Crippen molar-refractivity contribution >= 4 is 5.82 Å². The molecule has 0 aliphatic carbocycles. The highest BCUT2D eigenvalue weighted by atomic mass is 16.5. The number of ether oxygens (including phenoxy) is 2. The van der Waals surface area contributed by atoms with Crippen molar-refractivity contribution in [2.24, 2.45) is 0 Å². The van der Waals surface area contributed by atoms with E-state index >= 15 is 0 Å². The van der Waals surface area contributed by atoms with Crippen LogP contribution in [0.3, 0.4) is 0 Å². The lowest BCUT2D eigenvalue weighted by molar-refractivity contribution is 0.177. The molecule has 0 unspecified atom stereocenters. The quantitative estimate of drug-likeness (QED) is 0.728. The number of rotatable bonds is 8. The zero-order valence-electron chi connectivity index (χ0n) is 15.4. The number of nitrogens with one attached hydrogen (secondary N) is 1. The van der Waals surface area contributed by atoms with Gasteiger partial charge in [-0.2, -0.15) is 0 Å². The summed E-state index contributed by atoms with van der Waals surface area (Å²) in [5.41, 5.74) is 2.02. The average molecular weight is 358 g/mol. The molecule has 3 rings (SSSR count). The lowest BCUT2D eigenvalue weighted by Gasteiger charge is -2.13. The van der Waals surface area contributed by atoms with Gasteiger partial charge in [0.25, 0.3) is 5.56 Å². The maximum atomic E-state index is 11.9. The highest BCUT2D eigenvalue weighted by molar-refractivity contribution is 5.37. The van der Waals surface area contributed by atoms with Crippen LogP contribution in [-0.4, -0.2) is 41.4 Å². The third-order valence-electron chi connectivity index (χ3n) is 4.55. The fourth-order valence-corrected chi connectivity index (χ4v) is 3.14. The van der Waals surface area contributed by atoms with Crippen LogP contribution in [0.4, 0.5) is 5.82 Å². The van der Waals surface area contributed by atoms with Crippen molar-refractivity contribution in [2.45, 2.75) is 38.8 Å². The van der Waals surface area contributed by atoms with Crippen LogP contribution in [0.25, 0.3) is 0 Å². The molecule has 3 heterocycles. The predicted octanol–water partition coefficient (Wildman–Crippen LogP) is 2.10. The molecule has 140 valence electrons. The first-order chi connectivity index (χ1) is 12.7. The third kappa shape index (κ3) is 4.68. The smallest absolute Gasteiger partial charge is 0.250 e. The number of aryl methyl sites for hydroxylation is 1. The molecule has 0 saturated carbocycles. The SMILES string of the molecule is COCc1nc(NCCCn2c(C)cccc2=O)cc([C@@H]2CCOC2)n1. The maximum absolute atomic E-state index is 11.9. The standard InChI is InChI=1S/C19H26N4O3/c1-14-5-3-6-19(24)23(14)9-4-8-20-17-11-16(15-7-10-26-12-15)21-18(22-17)13-25-2/h3,5-6,11,15H,4,7-10,12-13H2,1-2H3,(H,20,21,22)/t15-/m1/s1. The minimum Gasteiger partial charge on any atom is -0.381 e. The summed E-state index contributed by atoms with van der Waals surface area (Å²) < 4.78 is 12.5. The second-order valence-corrected chi connectivity index (χ2v) is 6.53. The molecule has 1 saturated heterocycles. The lowest BCUT2D eigenvalue weighted by Crippen LogP contribution is -2.22. The van der Waals surface area contributed by atoms with E-state index in [1.165, 1.54) is 0 Å². The average Bonchev–Trinajstić information content (AvgIpc) is 3.15. The Kier molecular flexibility index (Phi) is 6.35. The van der Waals surface area contributed by atoms with Crippen LogP contribution in [0, 0.1) is 6.92 Å². The first kappa shape index (κ1) is 18.5. The topological polar surface area (TPSA) is 78.3 Å². The molecule has 0 amide bonds. The Morgan fingerprint density at radius 1 is 1.38 bits per heavy atom. The number of hydrogen-bond donors (Lipinski definition) is 1. The van der Waals surface area contributed by atoms with Crippen molar-refractivity contribution < 1.29 is 9.47 Å². The van der Waals surface area contributed by atoms with E-state index in [9.17, 15) is 4.79 Å². The number of methoxy groups -OCH3 is 1. The van der Waals surface area contributed by atoms with Crippen molar-refractivity contribution in [1.29, 1.82) is 0 Å². The van der Waals surface area contributed by atoms with Crippen LogP contribution >= 0.6 is 0 Å². The molecular formula is C19H26N4O3. The Hall–Kier alpha value is -2.25. The molecule has 26 heavy (non-hydrogen) atoms. The Morgan fingerprint density at radius 2 is 2.27 bits per heavy atom. The minimum atomic E-state index is 0.0398. The van der Waals surface area contributed by atoms with Gasteiger partial charge in [-0.05, 0) is 25.8 Å². The number of anilines is 1. The summed E-state index contributed by atoms with van der Waals surface area (Å²) in [7, 11) is 1.64. The molecule has 0 spiro atoms. The van der Waals surface area contributed by atoms with Gasteiger partial charge < -0.3 is 19.4 Å². The summed E-state index contributed by atoms with van der Waals surface area (Å²) in [4.78, 5) is 21.0. The van der Waals surface area contributed by atoms with Crippen LogP contribution in [0.1, 0.15) is 36.0 Å². The van der Waals surface area contributed by atoms with E-state index in [2.05, 4.69) is 15.3 Å². The Labute approximate surface area is 153 Å². The van der Waals surface area contributed by atoms with E-state index in [1.54, 1.807) is 23.8 Å². The van der Waals surface area contributed by atoms with E-state index in [0.717, 1.165) is 43.2 Å². The number of aromatic nitrogens is 3. The normalized spacial score (nSPS) is 16.8. The fraction of sp³-hybridized carbons (Fsp3) is 0.526. The van der Waals surface area contributed by atoms with Crippen LogP contribution < -0.4 is 10.9 Å². The van der Waals surface area contributed by atoms with Gasteiger partial charge in [-0.15, -0.1) is 0 Å². The van der Waals surface area contributed by atoms with Gasteiger partial charge in [0, 0.05) is 50.6 Å². The Morgan fingerprint density at radius 3 is 3.00 bits per heavy atom. The molecule has 0 bridgehead atoms. The van der Waals surface area contributed by atoms with Gasteiger partial charge in [0.1, 0.15) is 12.4 Å². The first-order valence-corrected chi connectivity index (χ1v) is 9.02. The van der Waals surface area contributed by atoms with Crippen molar-refractivity contribution in [3.63, 3.8) is 0 Å². The summed E-state index contributed by atoms with van der Waals surface area (Å²) in [6.45, 7) is 5.23. The maximum Gasteiger partial charge on any atom is 0.250 e. The van der Waals surface area contributed by atoms with Crippen LogP contribution in [0.5, 0.6) is 0 Å². The van der Waals surface area contributed by atoms with Gasteiger partial charge in [0.15, 0.2) is 5.82 Å². The molecule has 1 fully saturated rings. The van der Waals surface area contributed by atoms with Crippen molar-refractivity contribution in [1.82, 2.24) is 14.5 Å². The Bertz CT molecular complexity index is 785. The van der Waals surface area contributed by atoms with Crippen LogP contribution in [-0.2, 0) is 22.6 Å². The molecule has 1 N–H and O–H groups in total. The third-order valence-corrected chi connectivity index (χ3v) is 4.55. The molecule has 7 heteroatoms. The van der Waals surface area contributed by atoms with Crippen molar-refractivity contribution in [3.05, 3.63) is 51.8 Å². The van der Waals surface area contributed by atoms with Gasteiger partial charge >= 0.3 is 0 Å². The number of pyridine rings is 1. The van der Waals surface area contributed by atoms with Crippen molar-refractivity contribution in [2.75, 3.05) is 32.2 Å². The highest BCUT2D eigenvalue weighted by Gasteiger charge is 2.20. The van der Waals surface area contributed by atoms with Gasteiger partial charge in [-0.1, -0.05) is 6.07 Å². The molecule has 1 aliphatic rings. The van der Waals surface area contributed by atoms with Gasteiger partial charge in [0.2, 0.25) is 0 Å². The van der Waals surface area contributed by atoms with E-state index in [0.29, 0.717) is 31.5 Å². The lowest BCUT2D eigenvalue weighted by atomic mass is 10.0. The summed E-state index contributed by atoms with van der Waals surface area (Å²) in [6.07, 6.45) is 1.81. The minimum absolute atomic E-state index is 0.0398. The van der Waals surface area contributed by atoms with Crippen LogP contribution in [0.2, 0.25) is 0 Å². The predicted molar refractivity (Wildman–Crippen MR) is 99.5 cm³/mol. The molecule has 1 atom stereocenters. The molecule has 2 aromatic rings. The van der Waals surface area contributed by atoms with Gasteiger partial charge in [-0.3, -0.25) is 4.79 Å². The molecule has 1 aliphatic heterocycles. The zero-order valence-corrected chi connectivity index (χ0v) is 15.4. The van der Waals surface area contributed by atoms with E-state index in [1.807, 2.05) is 19.1 Å². The summed E-state index contributed by atoms with van der Waals surface area (Å²) >= 11 is 0. The second-order valence-electron chi connectivity index (χ2n) is 6.53. The molecule has 7 nitrogen and oxygen atoms in total. The fourth-order valence-electron chi connectivity index (χ4n) is 3.14. The molecule has 2 aromatic heterocycles. The van der Waals surface area contributed by atoms with Gasteiger partial charge in [0.05, 0.1) is 12.3 Å². The summed E-state index contributed by atoms with van der Waals surface area (Å²) in [5.74, 6) is 1.79. The second kappa shape index (κ2) is 8.91. The number of nitrogens with zero attached hydrogens (tertiary/aromatic N) is 3.